The Balaban J connectivity index is 2.30. The summed E-state index contributed by atoms with van der Waals surface area (Å²) >= 11 is 2.21. The number of aliphatic hydroxyl groups excluding tert-OH is 1. The van der Waals surface area contributed by atoms with Gasteiger partial charge in [-0.15, -0.1) is 0 Å². The Hall–Kier alpha value is 0.650. The van der Waals surface area contributed by atoms with Crippen molar-refractivity contribution in [2.75, 3.05) is 6.61 Å². The Labute approximate surface area is 68.7 Å². The number of aliphatic hydroxyl groups is 1. The highest BCUT2D eigenvalue weighted by atomic mass is 127. The highest BCUT2D eigenvalue weighted by Gasteiger charge is 2.26. The zero-order valence-electron chi connectivity index (χ0n) is 5.09. The molecule has 0 aromatic heterocycles. The van der Waals surface area contributed by atoms with Crippen LogP contribution in [0.15, 0.2) is 0 Å². The summed E-state index contributed by atoms with van der Waals surface area (Å²) in [6, 6.07) is 0. The van der Waals surface area contributed by atoms with Crippen LogP contribution in [0.2, 0.25) is 0 Å². The van der Waals surface area contributed by atoms with Gasteiger partial charge >= 0.3 is 0 Å². The molecule has 1 heterocycles. The fraction of sp³-hybridized carbons (Fsp3) is 0.833. The summed E-state index contributed by atoms with van der Waals surface area (Å²) in [6.07, 6.45) is 0.659. The van der Waals surface area contributed by atoms with Gasteiger partial charge in [-0.1, -0.05) is 22.6 Å². The molecule has 0 aliphatic carbocycles. The van der Waals surface area contributed by atoms with Crippen LogP contribution >= 0.6 is 22.6 Å². The Bertz CT molecular complexity index is 95.1. The highest BCUT2D eigenvalue weighted by molar-refractivity contribution is 14.1. The average Bonchev–Trinajstić information content (AvgIpc) is 2.14. The maximum absolute atomic E-state index is 8.99. The van der Waals surface area contributed by atoms with Gasteiger partial charge in [0.2, 0.25) is 0 Å². The Kier molecular flexibility index (Phi) is 2.73. The van der Waals surface area contributed by atoms with Crippen molar-refractivity contribution in [2.45, 2.75) is 22.6 Å². The van der Waals surface area contributed by atoms with Crippen LogP contribution < -0.4 is 0 Å². The van der Waals surface area contributed by atoms with Gasteiger partial charge in [0.05, 0.1) is 18.8 Å². The average molecular weight is 241 g/mol. The molecule has 0 aromatic carbocycles. The van der Waals surface area contributed by atoms with Gasteiger partial charge in [0.25, 0.3) is 0 Å². The third kappa shape index (κ3) is 2.05. The van der Waals surface area contributed by atoms with Crippen LogP contribution in [0.4, 0.5) is 0 Å². The zero-order chi connectivity index (χ0) is 6.85. The molecule has 0 saturated carbocycles. The molecule has 1 rings (SSSR count). The van der Waals surface area contributed by atoms with E-state index in [0.717, 1.165) is 6.42 Å². The van der Waals surface area contributed by atoms with Crippen LogP contribution in [0.25, 0.3) is 0 Å². The third-order valence-electron chi connectivity index (χ3n) is 1.41. The molecule has 1 saturated heterocycles. The van der Waals surface area contributed by atoms with Crippen LogP contribution in [0, 0.1) is 6.92 Å². The second kappa shape index (κ2) is 3.16. The molecule has 2 nitrogen and oxygen atoms in total. The van der Waals surface area contributed by atoms with Crippen molar-refractivity contribution in [3.63, 3.8) is 0 Å². The van der Waals surface area contributed by atoms with E-state index in [0.29, 0.717) is 6.61 Å². The number of alkyl halides is 1. The molecule has 3 atom stereocenters. The van der Waals surface area contributed by atoms with Gasteiger partial charge in [-0.05, 0) is 6.92 Å². The van der Waals surface area contributed by atoms with E-state index in [4.69, 9.17) is 9.84 Å². The lowest BCUT2D eigenvalue weighted by Gasteiger charge is -2.09. The first kappa shape index (κ1) is 7.75. The molecule has 0 aromatic rings. The van der Waals surface area contributed by atoms with Gasteiger partial charge in [-0.25, -0.2) is 0 Å². The Morgan fingerprint density at radius 1 is 1.78 bits per heavy atom. The summed E-state index contributed by atoms with van der Waals surface area (Å²) in [5.41, 5.74) is 0. The molecule has 53 valence electrons. The minimum absolute atomic E-state index is 0.167. The summed E-state index contributed by atoms with van der Waals surface area (Å²) < 4.78 is 5.47. The van der Waals surface area contributed by atoms with Crippen LogP contribution in [0.5, 0.6) is 0 Å². The molecule has 3 heteroatoms. The lowest BCUT2D eigenvalue weighted by Crippen LogP contribution is -2.16. The van der Waals surface area contributed by atoms with Crippen molar-refractivity contribution in [1.29, 1.82) is 0 Å². The molecule has 9 heavy (non-hydrogen) atoms. The van der Waals surface area contributed by atoms with Crippen molar-refractivity contribution in [3.8, 4) is 0 Å². The number of hydrogen-bond acceptors (Lipinski definition) is 2. The molecule has 1 aliphatic heterocycles. The first-order valence-electron chi connectivity index (χ1n) is 2.97. The minimum atomic E-state index is -0.256. The Morgan fingerprint density at radius 3 is 2.67 bits per heavy atom. The molecule has 1 aliphatic rings. The van der Waals surface area contributed by atoms with Gasteiger partial charge in [-0.2, -0.15) is 0 Å². The van der Waals surface area contributed by atoms with E-state index in [1.54, 1.807) is 0 Å². The van der Waals surface area contributed by atoms with E-state index in [-0.39, 0.29) is 16.1 Å². The largest absolute Gasteiger partial charge is 0.391 e. The van der Waals surface area contributed by atoms with Gasteiger partial charge in [-0.3, -0.25) is 0 Å². The smallest absolute Gasteiger partial charge is 0.0798 e. The van der Waals surface area contributed by atoms with E-state index in [1.165, 1.54) is 0 Å². The predicted molar refractivity (Wildman–Crippen MR) is 43.5 cm³/mol. The molecular formula is C6H10IO2. The maximum Gasteiger partial charge on any atom is 0.0798 e. The Morgan fingerprint density at radius 2 is 2.44 bits per heavy atom. The van der Waals surface area contributed by atoms with E-state index in [2.05, 4.69) is 29.5 Å². The zero-order valence-corrected chi connectivity index (χ0v) is 7.24. The summed E-state index contributed by atoms with van der Waals surface area (Å²) in [4.78, 5) is 0. The second-order valence-electron chi connectivity index (χ2n) is 2.28. The molecule has 3 unspecified atom stereocenters. The molecular weight excluding hydrogens is 231 g/mol. The quantitative estimate of drug-likeness (QED) is 0.542. The van der Waals surface area contributed by atoms with E-state index >= 15 is 0 Å². The van der Waals surface area contributed by atoms with Crippen LogP contribution in [-0.2, 0) is 4.74 Å². The number of hydrogen-bond donors (Lipinski definition) is 1. The van der Waals surface area contributed by atoms with Gasteiger partial charge in [0.15, 0.2) is 0 Å². The summed E-state index contributed by atoms with van der Waals surface area (Å²) in [5.74, 6) is 0. The SMILES string of the molecule is [CH2]C(I)C1CC(O)CO1. The third-order valence-corrected chi connectivity index (χ3v) is 2.21. The molecule has 1 radical (unpaired) electrons. The minimum Gasteiger partial charge on any atom is -0.391 e. The van der Waals surface area contributed by atoms with Gasteiger partial charge in [0.1, 0.15) is 0 Å². The van der Waals surface area contributed by atoms with Gasteiger partial charge in [0, 0.05) is 10.3 Å². The summed E-state index contributed by atoms with van der Waals surface area (Å²) in [7, 11) is 0. The van der Waals surface area contributed by atoms with Crippen LogP contribution in [0.1, 0.15) is 6.42 Å². The van der Waals surface area contributed by atoms with Crippen molar-refractivity contribution in [3.05, 3.63) is 6.92 Å². The van der Waals surface area contributed by atoms with Crippen molar-refractivity contribution in [1.82, 2.24) is 0 Å². The van der Waals surface area contributed by atoms with E-state index in [1.807, 2.05) is 0 Å². The van der Waals surface area contributed by atoms with E-state index < -0.39 is 0 Å². The number of halogens is 1. The fourth-order valence-electron chi connectivity index (χ4n) is 0.891. The fourth-order valence-corrected chi connectivity index (χ4v) is 1.39. The lowest BCUT2D eigenvalue weighted by molar-refractivity contribution is 0.0938. The number of rotatable bonds is 1. The molecule has 1 N–H and O–H groups in total. The highest BCUT2D eigenvalue weighted by Crippen LogP contribution is 2.20. The van der Waals surface area contributed by atoms with E-state index in [9.17, 15) is 0 Å². The van der Waals surface area contributed by atoms with Crippen molar-refractivity contribution >= 4 is 22.6 Å². The lowest BCUT2D eigenvalue weighted by atomic mass is 10.2. The topological polar surface area (TPSA) is 29.5 Å². The first-order chi connectivity index (χ1) is 4.20. The standard InChI is InChI=1S/C6H10IO2/c1-4(7)6-2-5(8)3-9-6/h4-6,8H,1-3H2. The summed E-state index contributed by atoms with van der Waals surface area (Å²) in [5, 5.41) is 8.99. The van der Waals surface area contributed by atoms with Gasteiger partial charge < -0.3 is 9.84 Å². The molecule has 0 bridgehead atoms. The first-order valence-corrected chi connectivity index (χ1v) is 4.21. The van der Waals surface area contributed by atoms with Crippen molar-refractivity contribution < 1.29 is 9.84 Å². The maximum atomic E-state index is 8.99. The molecule has 0 spiro atoms. The normalized spacial score (nSPS) is 39.0. The van der Waals surface area contributed by atoms with Crippen LogP contribution in [0.3, 0.4) is 0 Å². The second-order valence-corrected chi connectivity index (χ2v) is 3.88. The predicted octanol–water partition coefficient (Wildman–Crippen LogP) is 0.774. The monoisotopic (exact) mass is 241 g/mol. The van der Waals surface area contributed by atoms with Crippen molar-refractivity contribution in [2.24, 2.45) is 0 Å². The molecule has 1 fully saturated rings. The van der Waals surface area contributed by atoms with Crippen LogP contribution in [-0.4, -0.2) is 27.8 Å². The summed E-state index contributed by atoms with van der Waals surface area (Å²) in [6.45, 7) is 4.29. The molecule has 0 amide bonds. The number of ether oxygens (including phenoxy) is 1.